The fourth-order valence-corrected chi connectivity index (χ4v) is 5.13. The van der Waals surface area contributed by atoms with Gasteiger partial charge in [0, 0.05) is 22.0 Å². The first-order valence-electron chi connectivity index (χ1n) is 10.3. The molecule has 1 heterocycles. The highest BCUT2D eigenvalue weighted by Crippen LogP contribution is 2.42. The molecule has 7 heteroatoms. The second-order valence-electron chi connectivity index (χ2n) is 7.62. The average Bonchev–Trinajstić information content (AvgIpc) is 2.80. The molecule has 0 saturated heterocycles. The molecule has 2 amide bonds. The van der Waals surface area contributed by atoms with E-state index in [9.17, 15) is 14.0 Å². The van der Waals surface area contributed by atoms with Crippen molar-refractivity contribution in [2.75, 3.05) is 4.90 Å². The number of thioether (sulfide) groups is 1. The lowest BCUT2D eigenvalue weighted by Gasteiger charge is -2.35. The summed E-state index contributed by atoms with van der Waals surface area (Å²) in [5.41, 5.74) is 1.96. The third-order valence-electron chi connectivity index (χ3n) is 5.48. The number of para-hydroxylation sites is 1. The molecule has 0 spiro atoms. The highest BCUT2D eigenvalue weighted by Gasteiger charge is 2.39. The molecule has 3 aromatic rings. The summed E-state index contributed by atoms with van der Waals surface area (Å²) in [5, 5.41) is 2.84. The van der Waals surface area contributed by atoms with Crippen LogP contribution in [-0.4, -0.2) is 17.1 Å². The van der Waals surface area contributed by atoms with Gasteiger partial charge in [-0.25, -0.2) is 4.39 Å². The number of nitrogens with zero attached hydrogens (tertiary/aromatic N) is 1. The molecule has 1 aliphatic heterocycles. The Morgan fingerprint density at radius 3 is 2.47 bits per heavy atom. The van der Waals surface area contributed by atoms with E-state index in [1.54, 1.807) is 36.1 Å². The van der Waals surface area contributed by atoms with Crippen LogP contribution in [0.2, 0.25) is 5.02 Å². The molecule has 164 valence electrons. The van der Waals surface area contributed by atoms with Gasteiger partial charge in [-0.3, -0.25) is 9.59 Å². The van der Waals surface area contributed by atoms with Gasteiger partial charge in [-0.15, -0.1) is 11.8 Å². The summed E-state index contributed by atoms with van der Waals surface area (Å²) in [6.07, 6.45) is 0. The van der Waals surface area contributed by atoms with Gasteiger partial charge < -0.3 is 10.2 Å². The minimum absolute atomic E-state index is 0.105. The molecule has 0 aromatic heterocycles. The van der Waals surface area contributed by atoms with Crippen molar-refractivity contribution in [1.82, 2.24) is 5.32 Å². The number of benzene rings is 3. The van der Waals surface area contributed by atoms with E-state index in [0.29, 0.717) is 10.6 Å². The van der Waals surface area contributed by atoms with Crippen LogP contribution < -0.4 is 10.2 Å². The second-order valence-corrected chi connectivity index (χ2v) is 9.21. The zero-order valence-corrected chi connectivity index (χ0v) is 19.0. The van der Waals surface area contributed by atoms with E-state index < -0.39 is 11.2 Å². The normalized spacial score (nSPS) is 16.4. The summed E-state index contributed by atoms with van der Waals surface area (Å²) in [4.78, 5) is 28.8. The molecule has 0 bridgehead atoms. The number of hydrogen-bond acceptors (Lipinski definition) is 3. The maximum absolute atomic E-state index is 14.3. The number of nitrogens with one attached hydrogen (secondary N) is 1. The van der Waals surface area contributed by atoms with Crippen LogP contribution in [0, 0.1) is 11.7 Å². The topological polar surface area (TPSA) is 49.4 Å². The maximum Gasteiger partial charge on any atom is 0.241 e. The number of anilines is 1. The number of hydrogen-bond donors (Lipinski definition) is 1. The minimum Gasteiger partial charge on any atom is -0.352 e. The van der Waals surface area contributed by atoms with E-state index in [1.165, 1.54) is 17.8 Å². The van der Waals surface area contributed by atoms with Crippen molar-refractivity contribution in [2.24, 2.45) is 5.92 Å². The number of amides is 2. The van der Waals surface area contributed by atoms with E-state index in [1.807, 2.05) is 42.5 Å². The predicted octanol–water partition coefficient (Wildman–Crippen LogP) is 5.44. The summed E-state index contributed by atoms with van der Waals surface area (Å²) in [7, 11) is 0. The second kappa shape index (κ2) is 9.76. The highest BCUT2D eigenvalue weighted by atomic mass is 35.5. The summed E-state index contributed by atoms with van der Waals surface area (Å²) in [6, 6.07) is 21.2. The Morgan fingerprint density at radius 2 is 1.72 bits per heavy atom. The summed E-state index contributed by atoms with van der Waals surface area (Å²) < 4.78 is 14.3. The highest BCUT2D eigenvalue weighted by molar-refractivity contribution is 8.01. The van der Waals surface area contributed by atoms with Gasteiger partial charge in [-0.05, 0) is 29.8 Å². The number of carbonyl (C=O) groups excluding carboxylic acids is 2. The standard InChI is InChI=1S/C25H22ClFN2O2S/c1-16(24(30)28-14-17-8-2-4-10-19(17)26)23-25(31)29(15-18-9-3-5-11-20(18)27)21-12-6-7-13-22(21)32-23/h2-13,16,23H,14-15H2,1H3,(H,28,30)/t16-,23+/m0/s1. The molecule has 3 aromatic carbocycles. The lowest BCUT2D eigenvalue weighted by Crippen LogP contribution is -2.47. The van der Waals surface area contributed by atoms with Gasteiger partial charge in [0.05, 0.1) is 18.2 Å². The summed E-state index contributed by atoms with van der Waals surface area (Å²) >= 11 is 7.55. The van der Waals surface area contributed by atoms with E-state index in [4.69, 9.17) is 11.6 Å². The Labute approximate surface area is 195 Å². The molecule has 4 nitrogen and oxygen atoms in total. The number of carbonyl (C=O) groups is 2. The first-order chi connectivity index (χ1) is 15.5. The van der Waals surface area contributed by atoms with Gasteiger partial charge in [-0.2, -0.15) is 0 Å². The van der Waals surface area contributed by atoms with Crippen molar-refractivity contribution in [2.45, 2.75) is 30.2 Å². The van der Waals surface area contributed by atoms with Gasteiger partial charge in [0.15, 0.2) is 0 Å². The van der Waals surface area contributed by atoms with E-state index in [-0.39, 0.29) is 30.7 Å². The number of rotatable bonds is 6. The molecular weight excluding hydrogens is 447 g/mol. The van der Waals surface area contributed by atoms with Crippen LogP contribution in [0.15, 0.2) is 77.7 Å². The molecule has 0 aliphatic carbocycles. The molecule has 32 heavy (non-hydrogen) atoms. The molecule has 0 unspecified atom stereocenters. The Morgan fingerprint density at radius 1 is 1.06 bits per heavy atom. The van der Waals surface area contributed by atoms with Crippen LogP contribution in [-0.2, 0) is 22.7 Å². The quantitative estimate of drug-likeness (QED) is 0.524. The van der Waals surface area contributed by atoms with Crippen molar-refractivity contribution in [1.29, 1.82) is 0 Å². The van der Waals surface area contributed by atoms with Crippen LogP contribution in [0.1, 0.15) is 18.1 Å². The fourth-order valence-electron chi connectivity index (χ4n) is 3.64. The van der Waals surface area contributed by atoms with Crippen LogP contribution in [0.3, 0.4) is 0 Å². The SMILES string of the molecule is C[C@H](C(=O)NCc1ccccc1Cl)[C@H]1Sc2ccccc2N(Cc2ccccc2F)C1=O. The smallest absolute Gasteiger partial charge is 0.241 e. The van der Waals surface area contributed by atoms with Gasteiger partial charge >= 0.3 is 0 Å². The van der Waals surface area contributed by atoms with Crippen LogP contribution in [0.25, 0.3) is 0 Å². The first kappa shape index (κ1) is 22.4. The van der Waals surface area contributed by atoms with Crippen molar-refractivity contribution in [3.05, 3.63) is 94.8 Å². The monoisotopic (exact) mass is 468 g/mol. The van der Waals surface area contributed by atoms with Gasteiger partial charge in [0.2, 0.25) is 11.8 Å². The third kappa shape index (κ3) is 4.66. The Balaban J connectivity index is 1.55. The van der Waals surface area contributed by atoms with Crippen molar-refractivity contribution in [3.8, 4) is 0 Å². The lowest BCUT2D eigenvalue weighted by molar-refractivity contribution is -0.128. The molecule has 0 radical (unpaired) electrons. The molecular formula is C25H22ClFN2O2S. The molecule has 2 atom stereocenters. The number of fused-ring (bicyclic) bond motifs is 1. The number of halogens is 2. The van der Waals surface area contributed by atoms with Gasteiger partial charge in [0.25, 0.3) is 0 Å². The van der Waals surface area contributed by atoms with Crippen molar-refractivity contribution >= 4 is 40.9 Å². The summed E-state index contributed by atoms with van der Waals surface area (Å²) in [5.74, 6) is -1.40. The Bertz CT molecular complexity index is 1160. The van der Waals surface area contributed by atoms with Gasteiger partial charge in [0.1, 0.15) is 11.1 Å². The lowest BCUT2D eigenvalue weighted by atomic mass is 10.0. The molecule has 1 N–H and O–H groups in total. The van der Waals surface area contributed by atoms with E-state index in [2.05, 4.69) is 5.32 Å². The zero-order valence-electron chi connectivity index (χ0n) is 17.4. The Kier molecular flexibility index (Phi) is 6.82. The van der Waals surface area contributed by atoms with Crippen molar-refractivity contribution < 1.29 is 14.0 Å². The third-order valence-corrected chi connectivity index (χ3v) is 7.32. The maximum atomic E-state index is 14.3. The minimum atomic E-state index is -0.622. The molecule has 4 rings (SSSR count). The predicted molar refractivity (Wildman–Crippen MR) is 126 cm³/mol. The van der Waals surface area contributed by atoms with Crippen LogP contribution >= 0.6 is 23.4 Å². The van der Waals surface area contributed by atoms with Gasteiger partial charge in [-0.1, -0.05) is 67.1 Å². The van der Waals surface area contributed by atoms with E-state index >= 15 is 0 Å². The molecule has 0 fully saturated rings. The zero-order chi connectivity index (χ0) is 22.7. The molecule has 1 aliphatic rings. The fraction of sp³-hybridized carbons (Fsp3) is 0.200. The average molecular weight is 469 g/mol. The largest absolute Gasteiger partial charge is 0.352 e. The van der Waals surface area contributed by atoms with E-state index in [0.717, 1.165) is 16.1 Å². The first-order valence-corrected chi connectivity index (χ1v) is 11.5. The summed E-state index contributed by atoms with van der Waals surface area (Å²) in [6.45, 7) is 2.13. The van der Waals surface area contributed by atoms with Crippen LogP contribution in [0.5, 0.6) is 0 Å². The van der Waals surface area contributed by atoms with Crippen molar-refractivity contribution in [3.63, 3.8) is 0 Å². The Hall–Kier alpha value is -2.83. The molecule has 0 saturated carbocycles. The van der Waals surface area contributed by atoms with Crippen LogP contribution in [0.4, 0.5) is 10.1 Å².